The first-order valence-electron chi connectivity index (χ1n) is 31.5. The number of rotatable bonds is 20. The lowest BCUT2D eigenvalue weighted by molar-refractivity contribution is -0.153. The van der Waals surface area contributed by atoms with Crippen molar-refractivity contribution in [3.05, 3.63) is 239 Å². The Morgan fingerprint density at radius 1 is 0.643 bits per heavy atom. The van der Waals surface area contributed by atoms with Crippen molar-refractivity contribution in [1.29, 1.82) is 0 Å². The van der Waals surface area contributed by atoms with Crippen LogP contribution in [0.25, 0.3) is 22.2 Å². The van der Waals surface area contributed by atoms with E-state index in [1.807, 2.05) is 71.8 Å². The Kier molecular flexibility index (Phi) is 22.7. The fourth-order valence-electron chi connectivity index (χ4n) is 10.3. The Labute approximate surface area is 575 Å². The summed E-state index contributed by atoms with van der Waals surface area (Å²) in [7, 11) is 0. The summed E-state index contributed by atoms with van der Waals surface area (Å²) >= 11 is 17.4. The molecule has 0 saturated heterocycles. The number of halogens is 3. The lowest BCUT2D eigenvalue weighted by Crippen LogP contribution is -2.34. The maximum atomic E-state index is 13.6. The van der Waals surface area contributed by atoms with Crippen LogP contribution in [0.15, 0.2) is 204 Å². The highest BCUT2D eigenvalue weighted by atomic mass is 35.5. The highest BCUT2D eigenvalue weighted by Gasteiger charge is 2.46. The molecule has 22 nitrogen and oxygen atoms in total. The molecule has 2 aliphatic heterocycles. The first-order valence-corrected chi connectivity index (χ1v) is 32.6. The molecule has 5 aliphatic rings. The summed E-state index contributed by atoms with van der Waals surface area (Å²) in [5.74, 6) is 1.73. The van der Waals surface area contributed by atoms with Gasteiger partial charge in [-0.2, -0.15) is 0 Å². The third kappa shape index (κ3) is 18.7. The summed E-state index contributed by atoms with van der Waals surface area (Å²) < 4.78 is 32.0. The third-order valence-corrected chi connectivity index (χ3v) is 16.3. The summed E-state index contributed by atoms with van der Waals surface area (Å²) in [6, 6.07) is 42.4. The molecule has 98 heavy (non-hydrogen) atoms. The number of benzene rings is 5. The zero-order valence-corrected chi connectivity index (χ0v) is 55.0. The number of H-pyrrole nitrogens is 2. The topological polar surface area (TPSA) is 307 Å². The van der Waals surface area contributed by atoms with Gasteiger partial charge in [0.2, 0.25) is 23.4 Å². The predicted molar refractivity (Wildman–Crippen MR) is 370 cm³/mol. The fraction of sp³-hybridized carbons (Fsp3) is 0.233. The molecule has 3 saturated carbocycles. The maximum Gasteiger partial charge on any atom is 0.417 e. The number of pyridine rings is 3. The molecule has 1 atom stereocenters. The molecule has 15 rings (SSSR count). The number of nitrogens with two attached hydrogens (primary N) is 1. The maximum absolute atomic E-state index is 13.6. The summed E-state index contributed by atoms with van der Waals surface area (Å²) in [5, 5.41) is 1.68. The molecule has 0 bridgehead atoms. The van der Waals surface area contributed by atoms with Gasteiger partial charge in [-0.3, -0.25) is 39.1 Å². The van der Waals surface area contributed by atoms with Crippen LogP contribution in [0, 0.1) is 17.8 Å². The van der Waals surface area contributed by atoms with E-state index in [1.54, 1.807) is 85.9 Å². The molecule has 5 aromatic carbocycles. The predicted octanol–water partition coefficient (Wildman–Crippen LogP) is 13.9. The highest BCUT2D eigenvalue weighted by Crippen LogP contribution is 2.46. The van der Waals surface area contributed by atoms with Crippen molar-refractivity contribution in [2.24, 2.45) is 33.5 Å². The number of aromatic nitrogens is 5. The van der Waals surface area contributed by atoms with Gasteiger partial charge in [0.05, 0.1) is 63.0 Å². The van der Waals surface area contributed by atoms with Crippen LogP contribution in [0.2, 0.25) is 15.1 Å². The number of carbonyl (C=O) groups excluding carboxylic acids is 5. The molecule has 5 aromatic heterocycles. The number of aldehydes is 1. The molecule has 3 aliphatic carbocycles. The number of esters is 1. The van der Waals surface area contributed by atoms with Crippen LogP contribution < -0.4 is 31.5 Å². The van der Waals surface area contributed by atoms with Gasteiger partial charge >= 0.3 is 17.5 Å². The summed E-state index contributed by atoms with van der Waals surface area (Å²) in [5.41, 5.74) is 12.2. The molecule has 1 unspecified atom stereocenters. The van der Waals surface area contributed by atoms with E-state index in [9.17, 15) is 33.6 Å². The normalized spacial score (nSPS) is 15.1. The van der Waals surface area contributed by atoms with Gasteiger partial charge in [-0.15, -0.1) is 0 Å². The van der Waals surface area contributed by atoms with Gasteiger partial charge < -0.3 is 38.4 Å². The number of carbonyl (C=O) groups is 5. The van der Waals surface area contributed by atoms with Gasteiger partial charge in [0.1, 0.15) is 23.5 Å². The quantitative estimate of drug-likeness (QED) is 0.0159. The van der Waals surface area contributed by atoms with E-state index >= 15 is 0 Å². The molecule has 500 valence electrons. The van der Waals surface area contributed by atoms with Crippen LogP contribution in [0.5, 0.6) is 34.9 Å². The third-order valence-electron chi connectivity index (χ3n) is 15.6. The van der Waals surface area contributed by atoms with Gasteiger partial charge in [-0.25, -0.2) is 29.3 Å². The number of ether oxygens (including phenoxy) is 4. The van der Waals surface area contributed by atoms with Crippen molar-refractivity contribution in [3.63, 3.8) is 0 Å². The summed E-state index contributed by atoms with van der Waals surface area (Å²) in [4.78, 5) is 110. The molecule has 0 spiro atoms. The number of ketones is 2. The SMILES string of the molecule is CCOC(=O)C(=O)CC(=O)c1cccc2[nH]c(=O)oc12.Clc1ccc(Oc2cccc(C=NCC3CC3)c2)nc1.NCC1CC1.O=C1C2=C(C(c3cccc4[nH]c(=O)oc34)=NC2)C(c2cccc(Oc3ccc(Cl)cn3)c2)N1CC1CC1.O=Cc1cccc(Oc2ccc(Cl)cn2)c1. The van der Waals surface area contributed by atoms with E-state index < -0.39 is 35.5 Å². The molecule has 10 aromatic rings. The highest BCUT2D eigenvalue weighted by molar-refractivity contribution is 6.38. The molecule has 0 radical (unpaired) electrons. The number of amides is 1. The number of nitrogens with one attached hydrogen (secondary N) is 2. The second kappa shape index (κ2) is 32.4. The molecule has 3 fully saturated rings. The van der Waals surface area contributed by atoms with Crippen molar-refractivity contribution in [3.8, 4) is 34.9 Å². The van der Waals surface area contributed by atoms with Crippen LogP contribution in [0.1, 0.15) is 95.3 Å². The van der Waals surface area contributed by atoms with Crippen LogP contribution in [-0.2, 0) is 19.1 Å². The number of aromatic amines is 2. The monoisotopic (exact) mass is 1380 g/mol. The smallest absolute Gasteiger partial charge is 0.417 e. The number of nitrogens with zero attached hydrogens (tertiary/aromatic N) is 6. The van der Waals surface area contributed by atoms with Gasteiger partial charge in [0, 0.05) is 78.4 Å². The summed E-state index contributed by atoms with van der Waals surface area (Å²) in [6.07, 6.45) is 14.3. The Balaban J connectivity index is 0.000000137. The van der Waals surface area contributed by atoms with E-state index in [1.165, 1.54) is 50.2 Å². The minimum absolute atomic E-state index is 0.0130. The molecule has 4 N–H and O–H groups in total. The first-order chi connectivity index (χ1) is 47.6. The zero-order chi connectivity index (χ0) is 68.7. The standard InChI is InChI=1S/C28H21ClN4O4.C16H15ClN2O.C13H11NO6.C12H8ClNO2.C4H9N/c29-17-9-10-22(30-12-17)36-18-4-1-3-16(11-18)25-23-20(27(34)33(25)14-15-7-8-15)13-31-24(23)19-5-2-6-21-26(19)37-28(35)32-21;17-14-6-7-16(19-11-14)20-15-3-1-2-13(8-15)10-18-9-12-4-5-12;1-2-19-12(17)10(16)6-9(15)7-4-3-5-8-11(7)20-13(18)14-8;13-10-4-5-12(14-7-10)16-11-3-1-2-9(6-11)8-15;5-3-4-1-2-4/h1-6,9-12,15,25H,7-8,13-14H2,(H,32,35);1-3,6-8,10-12H,4-5,9H2;3-5H,2,6H2,1H3,(H,14,18);1-8H;4H,1-3,5H2. The molecule has 1 amide bonds. The Morgan fingerprint density at radius 2 is 1.17 bits per heavy atom. The van der Waals surface area contributed by atoms with E-state index in [4.69, 9.17) is 68.6 Å². The second-order valence-electron chi connectivity index (χ2n) is 23.2. The molecule has 7 heterocycles. The largest absolute Gasteiger partial charge is 0.460 e. The van der Waals surface area contributed by atoms with Crippen LogP contribution >= 0.6 is 34.8 Å². The van der Waals surface area contributed by atoms with Crippen LogP contribution in [0.3, 0.4) is 0 Å². The second-order valence-corrected chi connectivity index (χ2v) is 24.5. The average molecular weight is 1380 g/mol. The van der Waals surface area contributed by atoms with Crippen molar-refractivity contribution in [2.45, 2.75) is 57.9 Å². The van der Waals surface area contributed by atoms with E-state index in [-0.39, 0.29) is 29.7 Å². The molecular weight excluding hydrogens is 1320 g/mol. The van der Waals surface area contributed by atoms with Crippen LogP contribution in [-0.4, -0.2) is 104 Å². The van der Waals surface area contributed by atoms with Crippen molar-refractivity contribution >= 4 is 98.7 Å². The minimum Gasteiger partial charge on any atom is -0.460 e. The average Bonchev–Trinajstić information content (AvgIpc) is 1.57. The lowest BCUT2D eigenvalue weighted by Gasteiger charge is -2.29. The zero-order valence-electron chi connectivity index (χ0n) is 52.7. The number of fused-ring (bicyclic) bond motifs is 2. The number of oxazole rings is 2. The number of hydrogen-bond donors (Lipinski definition) is 3. The van der Waals surface area contributed by atoms with E-state index in [2.05, 4.69) is 34.6 Å². The number of Topliss-reactive ketones (excluding diaryl/α,β-unsaturated/α-hetero) is 2. The number of para-hydroxylation sites is 2. The van der Waals surface area contributed by atoms with Gasteiger partial charge in [-0.05, 0) is 160 Å². The van der Waals surface area contributed by atoms with Gasteiger partial charge in [-0.1, -0.05) is 83.3 Å². The van der Waals surface area contributed by atoms with Gasteiger partial charge in [0.15, 0.2) is 16.9 Å². The van der Waals surface area contributed by atoms with Crippen molar-refractivity contribution in [2.75, 3.05) is 32.8 Å². The Bertz CT molecular complexity index is 4750. The minimum atomic E-state index is -1.05. The van der Waals surface area contributed by atoms with Gasteiger partial charge in [0.25, 0.3) is 5.91 Å². The van der Waals surface area contributed by atoms with Crippen LogP contribution in [0.4, 0.5) is 0 Å². The summed E-state index contributed by atoms with van der Waals surface area (Å²) in [6.45, 7) is 4.46. The fourth-order valence-corrected chi connectivity index (χ4v) is 10.6. The van der Waals surface area contributed by atoms with Crippen molar-refractivity contribution < 1.29 is 51.8 Å². The van der Waals surface area contributed by atoms with E-state index in [0.717, 1.165) is 66.5 Å². The van der Waals surface area contributed by atoms with E-state index in [0.29, 0.717) is 102 Å². The van der Waals surface area contributed by atoms with Crippen molar-refractivity contribution in [1.82, 2.24) is 29.8 Å². The lowest BCUT2D eigenvalue weighted by atomic mass is 9.91. The molecule has 25 heteroatoms. The first kappa shape index (κ1) is 68.7. The number of aliphatic imine (C=N–C) groups is 2. The number of hydrogen-bond acceptors (Lipinski definition) is 19. The Hall–Kier alpha value is -10.7. The Morgan fingerprint density at radius 3 is 1.71 bits per heavy atom. The molecular formula is C73H64Cl3N9O13.